The fraction of sp³-hybridized carbons (Fsp3) is 0.400. The molecule has 0 amide bonds. The van der Waals surface area contributed by atoms with Crippen molar-refractivity contribution in [1.29, 1.82) is 0 Å². The zero-order valence-corrected chi connectivity index (χ0v) is 10.6. The Kier molecular flexibility index (Phi) is 4.32. The Morgan fingerprint density at radius 1 is 1.50 bits per heavy atom. The summed E-state index contributed by atoms with van der Waals surface area (Å²) < 4.78 is 25.9. The number of aliphatic hydroxyl groups is 1. The van der Waals surface area contributed by atoms with E-state index in [-0.39, 0.29) is 11.5 Å². The van der Waals surface area contributed by atoms with Gasteiger partial charge in [0.05, 0.1) is 11.5 Å². The Bertz CT molecular complexity index is 473. The van der Waals surface area contributed by atoms with Crippen molar-refractivity contribution in [3.05, 3.63) is 28.8 Å². The summed E-state index contributed by atoms with van der Waals surface area (Å²) in [6, 6.07) is 3.99. The molecule has 0 saturated carbocycles. The molecule has 0 saturated heterocycles. The van der Waals surface area contributed by atoms with E-state index in [0.717, 1.165) is 5.56 Å². The number of nitrogens with one attached hydrogen (secondary N) is 1. The quantitative estimate of drug-likeness (QED) is 0.861. The Labute approximate surface area is 100 Å². The second-order valence-corrected chi connectivity index (χ2v) is 5.74. The Balaban J connectivity index is 3.03. The van der Waals surface area contributed by atoms with Crippen LogP contribution in [0.5, 0.6) is 0 Å². The number of sulfonamides is 1. The second kappa shape index (κ2) is 5.14. The highest BCUT2D eigenvalue weighted by molar-refractivity contribution is 7.89. The minimum absolute atomic E-state index is 0.100. The molecule has 0 unspecified atom stereocenters. The maximum absolute atomic E-state index is 11.8. The van der Waals surface area contributed by atoms with Gasteiger partial charge in [0.15, 0.2) is 0 Å². The highest BCUT2D eigenvalue weighted by Crippen LogP contribution is 2.19. The van der Waals surface area contributed by atoms with E-state index in [1.54, 1.807) is 19.9 Å². The lowest BCUT2D eigenvalue weighted by Crippen LogP contribution is -2.34. The van der Waals surface area contributed by atoms with Gasteiger partial charge in [-0.25, -0.2) is 13.1 Å². The van der Waals surface area contributed by atoms with Gasteiger partial charge >= 0.3 is 0 Å². The average Bonchev–Trinajstić information content (AvgIpc) is 2.21. The van der Waals surface area contributed by atoms with Crippen molar-refractivity contribution in [3.63, 3.8) is 0 Å². The third-order valence-corrected chi connectivity index (χ3v) is 4.08. The summed E-state index contributed by atoms with van der Waals surface area (Å²) >= 11 is 5.85. The lowest BCUT2D eigenvalue weighted by Gasteiger charge is -2.12. The molecule has 1 aromatic carbocycles. The van der Waals surface area contributed by atoms with Crippen molar-refractivity contribution in [2.24, 2.45) is 0 Å². The number of aryl methyl sites for hydroxylation is 1. The summed E-state index contributed by atoms with van der Waals surface area (Å²) in [7, 11) is -3.61. The second-order valence-electron chi connectivity index (χ2n) is 3.62. The zero-order chi connectivity index (χ0) is 12.3. The molecule has 0 aliphatic carbocycles. The van der Waals surface area contributed by atoms with Gasteiger partial charge in [-0.15, -0.1) is 0 Å². The maximum Gasteiger partial charge on any atom is 0.240 e. The van der Waals surface area contributed by atoms with Crippen molar-refractivity contribution in [2.45, 2.75) is 24.8 Å². The van der Waals surface area contributed by atoms with Gasteiger partial charge in [-0.1, -0.05) is 17.7 Å². The molecule has 16 heavy (non-hydrogen) atoms. The number of hydrogen-bond acceptors (Lipinski definition) is 3. The number of rotatable bonds is 4. The third-order valence-electron chi connectivity index (χ3n) is 2.08. The minimum atomic E-state index is -3.61. The van der Waals surface area contributed by atoms with Gasteiger partial charge in [-0.3, -0.25) is 0 Å². The van der Waals surface area contributed by atoms with Crippen LogP contribution >= 0.6 is 11.6 Å². The van der Waals surface area contributed by atoms with Crippen LogP contribution in [0.1, 0.15) is 12.5 Å². The van der Waals surface area contributed by atoms with Crippen LogP contribution in [0.25, 0.3) is 0 Å². The van der Waals surface area contributed by atoms with Gasteiger partial charge in [0.2, 0.25) is 10.0 Å². The molecule has 1 aromatic rings. The molecule has 0 aliphatic rings. The van der Waals surface area contributed by atoms with E-state index in [1.807, 2.05) is 0 Å². The van der Waals surface area contributed by atoms with Crippen molar-refractivity contribution in [1.82, 2.24) is 4.72 Å². The summed E-state index contributed by atoms with van der Waals surface area (Å²) in [6.45, 7) is 3.12. The van der Waals surface area contributed by atoms with Crippen LogP contribution in [0, 0.1) is 6.92 Å². The van der Waals surface area contributed by atoms with Crippen LogP contribution in [-0.2, 0) is 10.0 Å². The summed E-state index contributed by atoms with van der Waals surface area (Å²) in [6.07, 6.45) is 0. The standard InChI is InChI=1S/C10H14ClNO3S/c1-7-3-4-9(5-10(7)11)16(14,15)12-8(2)6-13/h3-5,8,12-13H,6H2,1-2H3/t8-/m1/s1. The lowest BCUT2D eigenvalue weighted by atomic mass is 10.2. The Morgan fingerprint density at radius 2 is 2.12 bits per heavy atom. The van der Waals surface area contributed by atoms with Crippen molar-refractivity contribution < 1.29 is 13.5 Å². The van der Waals surface area contributed by atoms with E-state index in [9.17, 15) is 8.42 Å². The molecule has 0 aliphatic heterocycles. The molecule has 1 rings (SSSR count). The van der Waals surface area contributed by atoms with E-state index in [2.05, 4.69) is 4.72 Å². The SMILES string of the molecule is Cc1ccc(S(=O)(=O)N[C@H](C)CO)cc1Cl. The Hall–Kier alpha value is -0.620. The topological polar surface area (TPSA) is 66.4 Å². The van der Waals surface area contributed by atoms with E-state index in [4.69, 9.17) is 16.7 Å². The molecule has 0 fully saturated rings. The summed E-state index contributed by atoms with van der Waals surface area (Å²) in [5.41, 5.74) is 0.816. The fourth-order valence-corrected chi connectivity index (χ4v) is 2.62. The van der Waals surface area contributed by atoms with E-state index >= 15 is 0 Å². The lowest BCUT2D eigenvalue weighted by molar-refractivity contribution is 0.265. The predicted octanol–water partition coefficient (Wildman–Crippen LogP) is 1.31. The highest BCUT2D eigenvalue weighted by Gasteiger charge is 2.17. The van der Waals surface area contributed by atoms with E-state index in [0.29, 0.717) is 5.02 Å². The largest absolute Gasteiger partial charge is 0.395 e. The van der Waals surface area contributed by atoms with Gasteiger partial charge in [0, 0.05) is 11.1 Å². The normalized spacial score (nSPS) is 13.8. The number of halogens is 1. The molecule has 2 N–H and O–H groups in total. The first kappa shape index (κ1) is 13.4. The molecule has 90 valence electrons. The van der Waals surface area contributed by atoms with Crippen LogP contribution in [0.3, 0.4) is 0 Å². The third kappa shape index (κ3) is 3.18. The first-order chi connectivity index (χ1) is 7.36. The molecule has 1 atom stereocenters. The molecule has 0 radical (unpaired) electrons. The summed E-state index contributed by atoms with van der Waals surface area (Å²) in [5, 5.41) is 9.19. The summed E-state index contributed by atoms with van der Waals surface area (Å²) in [4.78, 5) is 0.100. The van der Waals surface area contributed by atoms with E-state index < -0.39 is 16.1 Å². The van der Waals surface area contributed by atoms with Gasteiger partial charge in [0.25, 0.3) is 0 Å². The molecule has 0 aromatic heterocycles. The van der Waals surface area contributed by atoms with Crippen molar-refractivity contribution in [3.8, 4) is 0 Å². The maximum atomic E-state index is 11.8. The molecule has 0 heterocycles. The Morgan fingerprint density at radius 3 is 2.62 bits per heavy atom. The number of aliphatic hydroxyl groups excluding tert-OH is 1. The van der Waals surface area contributed by atoms with Crippen LogP contribution in [0.15, 0.2) is 23.1 Å². The van der Waals surface area contributed by atoms with Gasteiger partial charge in [-0.2, -0.15) is 0 Å². The number of hydrogen-bond donors (Lipinski definition) is 2. The molecule has 0 bridgehead atoms. The summed E-state index contributed by atoms with van der Waals surface area (Å²) in [5.74, 6) is 0. The van der Waals surface area contributed by atoms with Gasteiger partial charge in [-0.05, 0) is 31.5 Å². The average molecular weight is 264 g/mol. The molecular weight excluding hydrogens is 250 g/mol. The zero-order valence-electron chi connectivity index (χ0n) is 9.07. The molecule has 6 heteroatoms. The molecular formula is C10H14ClNO3S. The van der Waals surface area contributed by atoms with Crippen molar-refractivity contribution >= 4 is 21.6 Å². The first-order valence-electron chi connectivity index (χ1n) is 4.76. The monoisotopic (exact) mass is 263 g/mol. The highest BCUT2D eigenvalue weighted by atomic mass is 35.5. The first-order valence-corrected chi connectivity index (χ1v) is 6.62. The van der Waals surface area contributed by atoms with Gasteiger partial charge in [0.1, 0.15) is 0 Å². The van der Waals surface area contributed by atoms with Crippen LogP contribution in [-0.4, -0.2) is 26.2 Å². The molecule has 4 nitrogen and oxygen atoms in total. The van der Waals surface area contributed by atoms with Gasteiger partial charge < -0.3 is 5.11 Å². The van der Waals surface area contributed by atoms with Crippen LogP contribution in [0.2, 0.25) is 5.02 Å². The van der Waals surface area contributed by atoms with Crippen molar-refractivity contribution in [2.75, 3.05) is 6.61 Å². The van der Waals surface area contributed by atoms with Crippen LogP contribution in [0.4, 0.5) is 0 Å². The predicted molar refractivity (Wildman–Crippen MR) is 63.1 cm³/mol. The fourth-order valence-electron chi connectivity index (χ4n) is 1.11. The smallest absolute Gasteiger partial charge is 0.240 e. The molecule has 0 spiro atoms. The van der Waals surface area contributed by atoms with E-state index in [1.165, 1.54) is 12.1 Å². The number of benzene rings is 1. The minimum Gasteiger partial charge on any atom is -0.395 e. The van der Waals surface area contributed by atoms with Crippen LogP contribution < -0.4 is 4.72 Å².